The van der Waals surface area contributed by atoms with Crippen molar-refractivity contribution in [2.45, 2.75) is 13.0 Å². The Morgan fingerprint density at radius 2 is 2.00 bits per heavy atom. The fourth-order valence-electron chi connectivity index (χ4n) is 1.05. The van der Waals surface area contributed by atoms with Crippen LogP contribution in [0.5, 0.6) is 0 Å². The Bertz CT molecular complexity index is 500. The fourth-order valence-corrected chi connectivity index (χ4v) is 1.36. The molecule has 1 atom stereocenters. The van der Waals surface area contributed by atoms with Crippen LogP contribution in [-0.2, 0) is 14.3 Å². The number of esters is 1. The molecule has 0 heterocycles. The maximum atomic E-state index is 11.3. The van der Waals surface area contributed by atoms with Gasteiger partial charge in [0, 0.05) is 6.08 Å². The molecule has 0 aliphatic heterocycles. The molecule has 2 N–H and O–H groups in total. The van der Waals surface area contributed by atoms with Crippen molar-refractivity contribution in [3.63, 3.8) is 0 Å². The molecule has 1 rings (SSSR count). The van der Waals surface area contributed by atoms with Crippen LogP contribution in [0.25, 0.3) is 6.08 Å². The maximum absolute atomic E-state index is 11.3. The number of ether oxygens (including phenoxy) is 1. The van der Waals surface area contributed by atoms with E-state index in [2.05, 4.69) is 0 Å². The third-order valence-electron chi connectivity index (χ3n) is 2.05. The van der Waals surface area contributed by atoms with Crippen molar-refractivity contribution in [1.29, 1.82) is 0 Å². The average molecular weight is 288 g/mol. The van der Waals surface area contributed by atoms with Crippen molar-refractivity contribution in [2.24, 2.45) is 5.73 Å². The number of nitrogens with two attached hydrogens (primary N) is 1. The molecule has 0 aliphatic carbocycles. The Labute approximate surface area is 114 Å². The Morgan fingerprint density at radius 3 is 2.56 bits per heavy atom. The number of carbonyl (C=O) groups excluding carboxylic acids is 2. The van der Waals surface area contributed by atoms with Crippen molar-refractivity contribution in [3.8, 4) is 0 Å². The third-order valence-corrected chi connectivity index (χ3v) is 2.79. The zero-order valence-electron chi connectivity index (χ0n) is 9.52. The lowest BCUT2D eigenvalue weighted by Gasteiger charge is -2.06. The Kier molecular flexibility index (Phi) is 5.19. The molecule has 0 saturated heterocycles. The molecule has 0 radical (unpaired) electrons. The van der Waals surface area contributed by atoms with Gasteiger partial charge >= 0.3 is 5.97 Å². The minimum absolute atomic E-state index is 0.387. The third kappa shape index (κ3) is 4.39. The van der Waals surface area contributed by atoms with Gasteiger partial charge in [-0.1, -0.05) is 29.3 Å². The van der Waals surface area contributed by atoms with E-state index >= 15 is 0 Å². The zero-order chi connectivity index (χ0) is 13.7. The normalized spacial score (nSPS) is 12.4. The van der Waals surface area contributed by atoms with E-state index in [4.69, 9.17) is 33.7 Å². The predicted molar refractivity (Wildman–Crippen MR) is 70.2 cm³/mol. The number of hydrogen-bond donors (Lipinski definition) is 1. The highest BCUT2D eigenvalue weighted by atomic mass is 35.5. The molecule has 6 heteroatoms. The molecule has 0 aromatic heterocycles. The summed E-state index contributed by atoms with van der Waals surface area (Å²) in [5.41, 5.74) is 5.64. The standard InChI is InChI=1S/C12H11Cl2NO3/c1-7(12(15)17)18-11(16)5-3-8-2-4-9(13)10(14)6-8/h2-7H,1H3,(H2,15,17)/b5-3+/t7-/m1/s1. The highest BCUT2D eigenvalue weighted by Gasteiger charge is 2.11. The van der Waals surface area contributed by atoms with Crippen molar-refractivity contribution in [3.05, 3.63) is 39.9 Å². The lowest BCUT2D eigenvalue weighted by atomic mass is 10.2. The van der Waals surface area contributed by atoms with Gasteiger partial charge in [-0.15, -0.1) is 0 Å². The van der Waals surface area contributed by atoms with Crippen molar-refractivity contribution >= 4 is 41.2 Å². The van der Waals surface area contributed by atoms with Gasteiger partial charge in [0.2, 0.25) is 0 Å². The molecule has 96 valence electrons. The number of hydrogen-bond acceptors (Lipinski definition) is 3. The molecule has 0 aliphatic rings. The van der Waals surface area contributed by atoms with Crippen LogP contribution in [-0.4, -0.2) is 18.0 Å². The van der Waals surface area contributed by atoms with Gasteiger partial charge < -0.3 is 10.5 Å². The summed E-state index contributed by atoms with van der Waals surface area (Å²) in [4.78, 5) is 22.0. The number of halogens is 2. The van der Waals surface area contributed by atoms with Gasteiger partial charge in [0.25, 0.3) is 5.91 Å². The molecule has 0 bridgehead atoms. The van der Waals surface area contributed by atoms with Gasteiger partial charge in [-0.3, -0.25) is 4.79 Å². The van der Waals surface area contributed by atoms with Gasteiger partial charge in [-0.25, -0.2) is 4.79 Å². The van der Waals surface area contributed by atoms with E-state index < -0.39 is 18.0 Å². The van der Waals surface area contributed by atoms with Crippen LogP contribution in [0.4, 0.5) is 0 Å². The highest BCUT2D eigenvalue weighted by molar-refractivity contribution is 6.42. The van der Waals surface area contributed by atoms with Gasteiger partial charge in [0.05, 0.1) is 10.0 Å². The second kappa shape index (κ2) is 6.42. The predicted octanol–water partition coefficient (Wildman–Crippen LogP) is 2.42. The van der Waals surface area contributed by atoms with Crippen LogP contribution in [0.3, 0.4) is 0 Å². The lowest BCUT2D eigenvalue weighted by molar-refractivity contribution is -0.148. The Morgan fingerprint density at radius 1 is 1.33 bits per heavy atom. The monoisotopic (exact) mass is 287 g/mol. The van der Waals surface area contributed by atoms with Crippen molar-refractivity contribution in [1.82, 2.24) is 0 Å². The van der Waals surface area contributed by atoms with E-state index in [1.165, 1.54) is 19.1 Å². The molecule has 4 nitrogen and oxygen atoms in total. The van der Waals surface area contributed by atoms with E-state index in [-0.39, 0.29) is 0 Å². The van der Waals surface area contributed by atoms with E-state index in [0.717, 1.165) is 0 Å². The molecule has 1 aromatic rings. The van der Waals surface area contributed by atoms with Crippen molar-refractivity contribution in [2.75, 3.05) is 0 Å². The van der Waals surface area contributed by atoms with Crippen LogP contribution >= 0.6 is 23.2 Å². The van der Waals surface area contributed by atoms with E-state index in [1.807, 2.05) is 0 Å². The van der Waals surface area contributed by atoms with Crippen LogP contribution in [0.1, 0.15) is 12.5 Å². The summed E-state index contributed by atoms with van der Waals surface area (Å²) in [5, 5.41) is 0.816. The molecule has 0 spiro atoms. The Hall–Kier alpha value is -1.52. The van der Waals surface area contributed by atoms with Crippen LogP contribution in [0.2, 0.25) is 10.0 Å². The second-order valence-electron chi connectivity index (χ2n) is 3.49. The molecular formula is C12H11Cl2NO3. The quantitative estimate of drug-likeness (QED) is 0.683. The number of primary amides is 1. The molecule has 0 fully saturated rings. The largest absolute Gasteiger partial charge is 0.449 e. The first-order chi connectivity index (χ1) is 8.40. The van der Waals surface area contributed by atoms with Gasteiger partial charge in [0.1, 0.15) is 0 Å². The van der Waals surface area contributed by atoms with E-state index in [1.54, 1.807) is 18.2 Å². The topological polar surface area (TPSA) is 69.4 Å². The minimum Gasteiger partial charge on any atom is -0.449 e. The summed E-state index contributed by atoms with van der Waals surface area (Å²) in [6.07, 6.45) is 1.72. The van der Waals surface area contributed by atoms with Crippen LogP contribution in [0, 0.1) is 0 Å². The average Bonchev–Trinajstić information content (AvgIpc) is 2.30. The number of rotatable bonds is 4. The number of benzene rings is 1. The van der Waals surface area contributed by atoms with Crippen LogP contribution in [0.15, 0.2) is 24.3 Å². The first-order valence-corrected chi connectivity index (χ1v) is 5.79. The molecule has 0 saturated carbocycles. The molecule has 1 amide bonds. The first-order valence-electron chi connectivity index (χ1n) is 5.03. The summed E-state index contributed by atoms with van der Waals surface area (Å²) in [5.74, 6) is -1.36. The lowest BCUT2D eigenvalue weighted by Crippen LogP contribution is -2.29. The van der Waals surface area contributed by atoms with E-state index in [0.29, 0.717) is 15.6 Å². The second-order valence-corrected chi connectivity index (χ2v) is 4.30. The van der Waals surface area contributed by atoms with Crippen molar-refractivity contribution < 1.29 is 14.3 Å². The summed E-state index contributed by atoms with van der Waals surface area (Å²) in [7, 11) is 0. The number of carbonyl (C=O) groups is 2. The molecular weight excluding hydrogens is 277 g/mol. The van der Waals surface area contributed by atoms with Gasteiger partial charge in [-0.05, 0) is 30.7 Å². The maximum Gasteiger partial charge on any atom is 0.331 e. The molecule has 1 aromatic carbocycles. The highest BCUT2D eigenvalue weighted by Crippen LogP contribution is 2.23. The fraction of sp³-hybridized carbons (Fsp3) is 0.167. The smallest absolute Gasteiger partial charge is 0.331 e. The molecule has 18 heavy (non-hydrogen) atoms. The number of amides is 1. The SMILES string of the molecule is C[C@@H](OC(=O)/C=C/c1ccc(Cl)c(Cl)c1)C(N)=O. The van der Waals surface area contributed by atoms with E-state index in [9.17, 15) is 9.59 Å². The summed E-state index contributed by atoms with van der Waals surface area (Å²) in [6, 6.07) is 4.90. The first kappa shape index (κ1) is 14.5. The summed E-state index contributed by atoms with van der Waals surface area (Å²) >= 11 is 11.6. The summed E-state index contributed by atoms with van der Waals surface area (Å²) < 4.78 is 4.73. The Balaban J connectivity index is 2.66. The summed E-state index contributed by atoms with van der Waals surface area (Å²) in [6.45, 7) is 1.40. The van der Waals surface area contributed by atoms with Crippen LogP contribution < -0.4 is 5.73 Å². The van der Waals surface area contributed by atoms with Gasteiger partial charge in [-0.2, -0.15) is 0 Å². The van der Waals surface area contributed by atoms with Gasteiger partial charge in [0.15, 0.2) is 6.10 Å². The molecule has 0 unspecified atom stereocenters. The zero-order valence-corrected chi connectivity index (χ0v) is 11.0. The minimum atomic E-state index is -0.962.